The molecule has 1 aromatic rings. The summed E-state index contributed by atoms with van der Waals surface area (Å²) in [5.74, 6) is 0.705. The van der Waals surface area contributed by atoms with Crippen molar-refractivity contribution < 1.29 is 0 Å². The highest BCUT2D eigenvalue weighted by atomic mass is 14.9. The zero-order valence-electron chi connectivity index (χ0n) is 8.32. The largest absolute Gasteiger partial charge is 0.316 e. The molecule has 0 aliphatic carbocycles. The first-order valence-electron chi connectivity index (χ1n) is 5.24. The molecule has 1 aliphatic heterocycles. The monoisotopic (exact) mass is 188 g/mol. The van der Waals surface area contributed by atoms with Crippen LogP contribution in [-0.2, 0) is 0 Å². The molecule has 0 bridgehead atoms. The summed E-state index contributed by atoms with van der Waals surface area (Å²) < 4.78 is 0. The summed E-state index contributed by atoms with van der Waals surface area (Å²) in [6, 6.07) is 4.07. The first-order chi connectivity index (χ1) is 6.95. The predicted octanol–water partition coefficient (Wildman–Crippen LogP) is 2.09. The quantitative estimate of drug-likeness (QED) is 0.768. The van der Waals surface area contributed by atoms with Gasteiger partial charge in [-0.1, -0.05) is 12.2 Å². The second kappa shape index (κ2) is 4.91. The van der Waals surface area contributed by atoms with Gasteiger partial charge in [-0.25, -0.2) is 0 Å². The predicted molar refractivity (Wildman–Crippen MR) is 58.9 cm³/mol. The van der Waals surface area contributed by atoms with E-state index in [0.29, 0.717) is 5.92 Å². The van der Waals surface area contributed by atoms with E-state index in [4.69, 9.17) is 0 Å². The number of rotatable bonds is 2. The average Bonchev–Trinajstić information content (AvgIpc) is 2.29. The molecule has 74 valence electrons. The Kier molecular flexibility index (Phi) is 3.30. The van der Waals surface area contributed by atoms with Crippen LogP contribution in [0.1, 0.15) is 18.4 Å². The van der Waals surface area contributed by atoms with E-state index in [9.17, 15) is 0 Å². The van der Waals surface area contributed by atoms with E-state index in [1.165, 1.54) is 24.9 Å². The lowest BCUT2D eigenvalue weighted by atomic mass is 9.98. The lowest BCUT2D eigenvalue weighted by Crippen LogP contribution is -2.28. The van der Waals surface area contributed by atoms with Crippen LogP contribution in [-0.4, -0.2) is 18.1 Å². The molecule has 0 saturated carbocycles. The van der Waals surface area contributed by atoms with Crippen molar-refractivity contribution in [2.75, 3.05) is 13.1 Å². The van der Waals surface area contributed by atoms with Crippen molar-refractivity contribution in [3.63, 3.8) is 0 Å². The topological polar surface area (TPSA) is 24.9 Å². The van der Waals surface area contributed by atoms with E-state index in [1.807, 2.05) is 24.5 Å². The molecule has 1 saturated heterocycles. The summed E-state index contributed by atoms with van der Waals surface area (Å²) in [5.41, 5.74) is 1.24. The number of hydrogen-bond donors (Lipinski definition) is 1. The highest BCUT2D eigenvalue weighted by Crippen LogP contribution is 2.13. The van der Waals surface area contributed by atoms with E-state index in [2.05, 4.69) is 22.5 Å². The number of nitrogens with one attached hydrogen (secondary N) is 1. The first-order valence-corrected chi connectivity index (χ1v) is 5.24. The Hall–Kier alpha value is -1.15. The number of piperidine rings is 1. The Morgan fingerprint density at radius 3 is 2.93 bits per heavy atom. The van der Waals surface area contributed by atoms with Crippen LogP contribution in [0.15, 0.2) is 30.6 Å². The molecule has 0 radical (unpaired) electrons. The third-order valence-electron chi connectivity index (χ3n) is 2.60. The van der Waals surface area contributed by atoms with Crippen LogP contribution < -0.4 is 5.32 Å². The highest BCUT2D eigenvalue weighted by molar-refractivity contribution is 5.48. The summed E-state index contributed by atoms with van der Waals surface area (Å²) in [6.07, 6.45) is 10.8. The molecule has 0 aromatic carbocycles. The molecule has 2 heterocycles. The van der Waals surface area contributed by atoms with Gasteiger partial charge in [0.15, 0.2) is 0 Å². The summed E-state index contributed by atoms with van der Waals surface area (Å²) in [5, 5.41) is 3.41. The lowest BCUT2D eigenvalue weighted by molar-refractivity contribution is 0.439. The first kappa shape index (κ1) is 9.41. The number of nitrogens with zero attached hydrogens (tertiary/aromatic N) is 1. The molecule has 0 spiro atoms. The van der Waals surface area contributed by atoms with Crippen LogP contribution >= 0.6 is 0 Å². The van der Waals surface area contributed by atoms with Crippen molar-refractivity contribution >= 4 is 6.08 Å². The minimum Gasteiger partial charge on any atom is -0.316 e. The van der Waals surface area contributed by atoms with Crippen molar-refractivity contribution in [3.05, 3.63) is 36.2 Å². The summed E-state index contributed by atoms with van der Waals surface area (Å²) in [7, 11) is 0. The fourth-order valence-corrected chi connectivity index (χ4v) is 1.76. The molecule has 1 aliphatic rings. The van der Waals surface area contributed by atoms with Crippen LogP contribution in [0.4, 0.5) is 0 Å². The van der Waals surface area contributed by atoms with Gasteiger partial charge in [0.1, 0.15) is 0 Å². The smallest absolute Gasteiger partial charge is 0.0273 e. The molecule has 1 fully saturated rings. The molecular formula is C12H16N2. The van der Waals surface area contributed by atoms with Gasteiger partial charge in [0, 0.05) is 18.9 Å². The zero-order chi connectivity index (χ0) is 9.64. The molecule has 0 amide bonds. The maximum atomic E-state index is 3.99. The minimum atomic E-state index is 0.705. The summed E-state index contributed by atoms with van der Waals surface area (Å²) >= 11 is 0. The molecule has 1 unspecified atom stereocenters. The van der Waals surface area contributed by atoms with Gasteiger partial charge in [-0.2, -0.15) is 0 Å². The van der Waals surface area contributed by atoms with Gasteiger partial charge in [0.2, 0.25) is 0 Å². The number of hydrogen-bond acceptors (Lipinski definition) is 2. The van der Waals surface area contributed by atoms with E-state index >= 15 is 0 Å². The molecule has 1 atom stereocenters. The lowest BCUT2D eigenvalue weighted by Gasteiger charge is -2.19. The average molecular weight is 188 g/mol. The van der Waals surface area contributed by atoms with Gasteiger partial charge in [-0.3, -0.25) is 4.98 Å². The van der Waals surface area contributed by atoms with Crippen LogP contribution in [0.2, 0.25) is 0 Å². The van der Waals surface area contributed by atoms with Gasteiger partial charge in [-0.05, 0) is 43.0 Å². The molecule has 1 N–H and O–H groups in total. The maximum absolute atomic E-state index is 3.99. The molecule has 2 heteroatoms. The van der Waals surface area contributed by atoms with Crippen LogP contribution in [0.25, 0.3) is 6.08 Å². The van der Waals surface area contributed by atoms with Gasteiger partial charge in [0.25, 0.3) is 0 Å². The molecular weight excluding hydrogens is 172 g/mol. The summed E-state index contributed by atoms with van der Waals surface area (Å²) in [4.78, 5) is 3.99. The van der Waals surface area contributed by atoms with Gasteiger partial charge >= 0.3 is 0 Å². The van der Waals surface area contributed by atoms with Crippen molar-refractivity contribution in [2.45, 2.75) is 12.8 Å². The van der Waals surface area contributed by atoms with E-state index in [1.54, 1.807) is 0 Å². The van der Waals surface area contributed by atoms with Gasteiger partial charge in [0.05, 0.1) is 0 Å². The SMILES string of the molecule is C(=C\C1CCCNC1)/c1ccncc1. The van der Waals surface area contributed by atoms with Crippen molar-refractivity contribution in [3.8, 4) is 0 Å². The Morgan fingerprint density at radius 2 is 2.21 bits per heavy atom. The third-order valence-corrected chi connectivity index (χ3v) is 2.60. The zero-order valence-corrected chi connectivity index (χ0v) is 8.32. The Labute approximate surface area is 85.1 Å². The fourth-order valence-electron chi connectivity index (χ4n) is 1.76. The van der Waals surface area contributed by atoms with Crippen LogP contribution in [0.5, 0.6) is 0 Å². The Morgan fingerprint density at radius 1 is 1.36 bits per heavy atom. The third kappa shape index (κ3) is 2.67. The van der Waals surface area contributed by atoms with Crippen molar-refractivity contribution in [2.24, 2.45) is 5.92 Å². The van der Waals surface area contributed by atoms with E-state index < -0.39 is 0 Å². The highest BCUT2D eigenvalue weighted by Gasteiger charge is 2.08. The van der Waals surface area contributed by atoms with Crippen LogP contribution in [0.3, 0.4) is 0 Å². The van der Waals surface area contributed by atoms with Crippen molar-refractivity contribution in [1.29, 1.82) is 0 Å². The van der Waals surface area contributed by atoms with Crippen molar-refractivity contribution in [1.82, 2.24) is 10.3 Å². The summed E-state index contributed by atoms with van der Waals surface area (Å²) in [6.45, 7) is 2.31. The molecule has 1 aromatic heterocycles. The van der Waals surface area contributed by atoms with Gasteiger partial charge < -0.3 is 5.32 Å². The Balaban J connectivity index is 1.93. The maximum Gasteiger partial charge on any atom is 0.0273 e. The number of aromatic nitrogens is 1. The second-order valence-corrected chi connectivity index (χ2v) is 3.75. The van der Waals surface area contributed by atoms with Crippen LogP contribution in [0, 0.1) is 5.92 Å². The molecule has 14 heavy (non-hydrogen) atoms. The normalized spacial score (nSPS) is 22.7. The molecule has 2 nitrogen and oxygen atoms in total. The van der Waals surface area contributed by atoms with Gasteiger partial charge in [-0.15, -0.1) is 0 Å². The number of pyridine rings is 1. The minimum absolute atomic E-state index is 0.705. The van der Waals surface area contributed by atoms with E-state index in [0.717, 1.165) is 6.54 Å². The molecule has 2 rings (SSSR count). The van der Waals surface area contributed by atoms with E-state index in [-0.39, 0.29) is 0 Å². The second-order valence-electron chi connectivity index (χ2n) is 3.75. The fraction of sp³-hybridized carbons (Fsp3) is 0.417. The standard InChI is InChI=1S/C12H16N2/c1-2-12(10-14-7-1)4-3-11-5-8-13-9-6-11/h3-6,8-9,12,14H,1-2,7,10H2/b4-3+. The Bertz CT molecular complexity index is 286.